The van der Waals surface area contributed by atoms with E-state index >= 15 is 0 Å². The molecule has 34 heavy (non-hydrogen) atoms. The summed E-state index contributed by atoms with van der Waals surface area (Å²) < 4.78 is 41.2. The second kappa shape index (κ2) is 9.29. The number of carbonyl (C=O) groups excluding carboxylic acids is 1. The van der Waals surface area contributed by atoms with Crippen LogP contribution in [0.4, 0.5) is 19.0 Å². The lowest BCUT2D eigenvalue weighted by atomic mass is 9.93. The van der Waals surface area contributed by atoms with Crippen molar-refractivity contribution in [2.45, 2.75) is 12.3 Å². The summed E-state index contributed by atoms with van der Waals surface area (Å²) in [6.45, 7) is 3.00. The van der Waals surface area contributed by atoms with E-state index in [-0.39, 0.29) is 12.0 Å². The number of halogens is 3. The molecule has 3 atom stereocenters. The number of aliphatic carboxylic acids is 1. The van der Waals surface area contributed by atoms with Gasteiger partial charge in [0, 0.05) is 44.7 Å². The molecule has 0 saturated carbocycles. The first-order valence-electron chi connectivity index (χ1n) is 10.4. The summed E-state index contributed by atoms with van der Waals surface area (Å²) in [6, 6.07) is 7.59. The van der Waals surface area contributed by atoms with Gasteiger partial charge in [-0.2, -0.15) is 17.7 Å². The van der Waals surface area contributed by atoms with Crippen LogP contribution in [0.1, 0.15) is 10.5 Å². The summed E-state index contributed by atoms with van der Waals surface area (Å²) in [4.78, 5) is 23.5. The van der Waals surface area contributed by atoms with Crippen molar-refractivity contribution >= 4 is 23.3 Å². The number of rotatable bonds is 4. The van der Waals surface area contributed by atoms with Gasteiger partial charge in [0.1, 0.15) is 17.8 Å². The minimum absolute atomic E-state index is 0.0412. The zero-order valence-corrected chi connectivity index (χ0v) is 18.0. The normalized spacial score (nSPS) is 21.8. The number of nitrogens with zero attached hydrogens (tertiary/aromatic N) is 6. The molecule has 0 aromatic carbocycles. The Morgan fingerprint density at radius 2 is 2.03 bits per heavy atom. The largest absolute Gasteiger partial charge is 0.490 e. The Kier molecular flexibility index (Phi) is 6.41. The van der Waals surface area contributed by atoms with Crippen molar-refractivity contribution in [1.29, 1.82) is 0 Å². The summed E-state index contributed by atoms with van der Waals surface area (Å²) in [6.07, 6.45) is -1.42. The first-order valence-corrected chi connectivity index (χ1v) is 10.4. The molecule has 2 aliphatic heterocycles. The van der Waals surface area contributed by atoms with Crippen LogP contribution in [-0.2, 0) is 16.6 Å². The predicted octanol–water partition coefficient (Wildman–Crippen LogP) is 0.977. The Labute approximate surface area is 191 Å². The van der Waals surface area contributed by atoms with E-state index in [4.69, 9.17) is 14.6 Å². The Bertz CT molecular complexity index is 1180. The predicted molar refractivity (Wildman–Crippen MR) is 111 cm³/mol. The fraction of sp³-hybridized carbons (Fsp3) is 0.450. The fourth-order valence-electron chi connectivity index (χ4n) is 4.09. The number of alkyl halides is 3. The summed E-state index contributed by atoms with van der Waals surface area (Å²) in [7, 11) is 1.87. The molecular weight excluding hydrogens is 459 g/mol. The van der Waals surface area contributed by atoms with Crippen molar-refractivity contribution in [3.63, 3.8) is 0 Å². The van der Waals surface area contributed by atoms with Crippen LogP contribution in [0.2, 0.25) is 0 Å². The second-order valence-corrected chi connectivity index (χ2v) is 8.04. The molecule has 2 N–H and O–H groups in total. The van der Waals surface area contributed by atoms with E-state index < -0.39 is 12.1 Å². The third-order valence-corrected chi connectivity index (χ3v) is 5.85. The second-order valence-electron chi connectivity index (χ2n) is 8.04. The highest BCUT2D eigenvalue weighted by atomic mass is 19.4. The zero-order chi connectivity index (χ0) is 24.5. The Morgan fingerprint density at radius 1 is 1.26 bits per heavy atom. The molecule has 3 aromatic heterocycles. The minimum Gasteiger partial charge on any atom is -0.475 e. The van der Waals surface area contributed by atoms with Crippen LogP contribution in [0.25, 0.3) is 5.65 Å². The Balaban J connectivity index is 0.000000344. The van der Waals surface area contributed by atoms with Crippen LogP contribution in [0.15, 0.2) is 36.8 Å². The molecule has 0 radical (unpaired) electrons. The molecule has 5 heterocycles. The van der Waals surface area contributed by atoms with Crippen LogP contribution in [0.5, 0.6) is 0 Å². The molecule has 2 aliphatic rings. The van der Waals surface area contributed by atoms with E-state index in [2.05, 4.69) is 25.5 Å². The molecule has 0 unspecified atom stereocenters. The number of ether oxygens (including phenoxy) is 1. The molecule has 1 amide bonds. The van der Waals surface area contributed by atoms with E-state index in [9.17, 15) is 18.0 Å². The number of hydrogen-bond acceptors (Lipinski definition) is 7. The molecule has 0 aliphatic carbocycles. The van der Waals surface area contributed by atoms with E-state index in [1.165, 1.54) is 0 Å². The van der Waals surface area contributed by atoms with Crippen molar-refractivity contribution in [3.8, 4) is 0 Å². The first-order chi connectivity index (χ1) is 16.1. The topological polar surface area (TPSA) is 127 Å². The monoisotopic (exact) mass is 481 g/mol. The van der Waals surface area contributed by atoms with E-state index in [1.54, 1.807) is 10.8 Å². The number of carboxylic acid groups (broad SMARTS) is 1. The van der Waals surface area contributed by atoms with Gasteiger partial charge in [0.05, 0.1) is 12.7 Å². The first kappa shape index (κ1) is 23.5. The van der Waals surface area contributed by atoms with Crippen molar-refractivity contribution in [2.75, 3.05) is 31.1 Å². The van der Waals surface area contributed by atoms with Crippen molar-refractivity contribution in [3.05, 3.63) is 42.5 Å². The standard InChI is InChI=1S/C18H21N7O2.C2HF3O2/c1-23-6-2-3-14(23)18(26)19-7-12-10-27-15-9-24(8-13(12)15)17-5-4-16-21-20-11-25(16)22-17;3-2(4,5)1(6)7/h2-6,11-13,15H,7-10H2,1H3,(H,19,26);(H,6,7)/t12-,13-,15-;/m1./s1. The molecular formula is C20H22F3N7O4. The Hall–Kier alpha value is -3.68. The van der Waals surface area contributed by atoms with E-state index in [0.29, 0.717) is 30.7 Å². The van der Waals surface area contributed by atoms with Crippen LogP contribution in [-0.4, -0.2) is 79.9 Å². The molecule has 14 heteroatoms. The molecule has 0 bridgehead atoms. The van der Waals surface area contributed by atoms with Gasteiger partial charge in [-0.05, 0) is 24.3 Å². The van der Waals surface area contributed by atoms with Crippen molar-refractivity contribution < 1.29 is 32.6 Å². The number of amides is 1. The molecule has 11 nitrogen and oxygen atoms in total. The average Bonchev–Trinajstić information content (AvgIpc) is 3.55. The number of nitrogens with one attached hydrogen (secondary N) is 1. The molecule has 2 saturated heterocycles. The highest BCUT2D eigenvalue weighted by Crippen LogP contribution is 2.35. The minimum atomic E-state index is -5.08. The number of hydrogen-bond donors (Lipinski definition) is 2. The molecule has 2 fully saturated rings. The zero-order valence-electron chi connectivity index (χ0n) is 18.0. The van der Waals surface area contributed by atoms with Crippen LogP contribution >= 0.6 is 0 Å². The van der Waals surface area contributed by atoms with Gasteiger partial charge in [0.2, 0.25) is 0 Å². The highest BCUT2D eigenvalue weighted by molar-refractivity contribution is 5.92. The van der Waals surface area contributed by atoms with Gasteiger partial charge < -0.3 is 24.6 Å². The van der Waals surface area contributed by atoms with Crippen molar-refractivity contribution in [2.24, 2.45) is 18.9 Å². The fourth-order valence-corrected chi connectivity index (χ4v) is 4.09. The maximum atomic E-state index is 12.4. The quantitative estimate of drug-likeness (QED) is 0.565. The third kappa shape index (κ3) is 4.95. The van der Waals surface area contributed by atoms with Gasteiger partial charge in [0.15, 0.2) is 5.65 Å². The van der Waals surface area contributed by atoms with Gasteiger partial charge in [-0.1, -0.05) is 0 Å². The van der Waals surface area contributed by atoms with Crippen LogP contribution < -0.4 is 10.2 Å². The molecule has 0 spiro atoms. The lowest BCUT2D eigenvalue weighted by Gasteiger charge is -2.20. The molecule has 182 valence electrons. The molecule has 3 aromatic rings. The number of fused-ring (bicyclic) bond motifs is 2. The van der Waals surface area contributed by atoms with Crippen LogP contribution in [0.3, 0.4) is 0 Å². The summed E-state index contributed by atoms with van der Waals surface area (Å²) >= 11 is 0. The van der Waals surface area contributed by atoms with Gasteiger partial charge in [0.25, 0.3) is 5.91 Å². The highest BCUT2D eigenvalue weighted by Gasteiger charge is 2.44. The lowest BCUT2D eigenvalue weighted by Crippen LogP contribution is -2.35. The van der Waals surface area contributed by atoms with E-state index in [0.717, 1.165) is 24.6 Å². The van der Waals surface area contributed by atoms with Gasteiger partial charge in [-0.3, -0.25) is 4.79 Å². The smallest absolute Gasteiger partial charge is 0.475 e. The number of aryl methyl sites for hydroxylation is 1. The number of carbonyl (C=O) groups is 2. The third-order valence-electron chi connectivity index (χ3n) is 5.85. The van der Waals surface area contributed by atoms with E-state index in [1.807, 2.05) is 42.1 Å². The van der Waals surface area contributed by atoms with Crippen molar-refractivity contribution in [1.82, 2.24) is 29.7 Å². The van der Waals surface area contributed by atoms with Gasteiger partial charge >= 0.3 is 12.1 Å². The average molecular weight is 481 g/mol. The summed E-state index contributed by atoms with van der Waals surface area (Å²) in [5.41, 5.74) is 1.40. The summed E-state index contributed by atoms with van der Waals surface area (Å²) in [5.74, 6) is -1.21. The lowest BCUT2D eigenvalue weighted by molar-refractivity contribution is -0.192. The number of anilines is 1. The van der Waals surface area contributed by atoms with Crippen LogP contribution in [0, 0.1) is 11.8 Å². The number of aromatic nitrogens is 5. The SMILES string of the molecule is Cn1cccc1C(=O)NC[C@@H]1CO[C@@H]2CN(c3ccc4nncn4n3)C[C@H]12.O=C(O)C(F)(F)F. The maximum absolute atomic E-state index is 12.4. The number of carboxylic acids is 1. The maximum Gasteiger partial charge on any atom is 0.490 e. The Morgan fingerprint density at radius 3 is 2.71 bits per heavy atom. The summed E-state index contributed by atoms with van der Waals surface area (Å²) in [5, 5.41) is 22.6. The van der Waals surface area contributed by atoms with Gasteiger partial charge in [-0.15, -0.1) is 15.3 Å². The van der Waals surface area contributed by atoms with Gasteiger partial charge in [-0.25, -0.2) is 4.79 Å². The molecule has 5 rings (SSSR count).